The molecule has 0 aliphatic carbocycles. The van der Waals surface area contributed by atoms with Gasteiger partial charge in [-0.2, -0.15) is 4.72 Å². The van der Waals surface area contributed by atoms with Crippen LogP contribution in [-0.4, -0.2) is 61.4 Å². The molecule has 1 aliphatic heterocycles. The summed E-state index contributed by atoms with van der Waals surface area (Å²) < 4.78 is 28.3. The summed E-state index contributed by atoms with van der Waals surface area (Å²) in [5.41, 5.74) is 0.933. The van der Waals surface area contributed by atoms with Gasteiger partial charge in [-0.05, 0) is 44.7 Å². The number of aliphatic carboxylic acids is 1. The fraction of sp³-hybridized carbons (Fsp3) is 0.591. The number of nitrogens with zero attached hydrogens (tertiary/aromatic N) is 1. The lowest BCUT2D eigenvalue weighted by atomic mass is 9.93. The predicted octanol–water partition coefficient (Wildman–Crippen LogP) is 1.52. The van der Waals surface area contributed by atoms with Crippen LogP contribution in [0.1, 0.15) is 45.6 Å². The fourth-order valence-electron chi connectivity index (χ4n) is 3.55. The molecule has 3 atom stereocenters. The van der Waals surface area contributed by atoms with Crippen molar-refractivity contribution in [3.8, 4) is 0 Å². The van der Waals surface area contributed by atoms with Crippen LogP contribution >= 0.6 is 0 Å². The highest BCUT2D eigenvalue weighted by Crippen LogP contribution is 2.22. The summed E-state index contributed by atoms with van der Waals surface area (Å²) in [6.07, 6.45) is 1.39. The van der Waals surface area contributed by atoms with E-state index in [1.54, 1.807) is 17.0 Å². The summed E-state index contributed by atoms with van der Waals surface area (Å²) in [5, 5.41) is 11.4. The van der Waals surface area contributed by atoms with Crippen molar-refractivity contribution in [1.82, 2.24) is 14.9 Å². The molecule has 0 bridgehead atoms. The van der Waals surface area contributed by atoms with E-state index in [1.807, 2.05) is 20.8 Å². The number of rotatable bonds is 9. The van der Waals surface area contributed by atoms with E-state index < -0.39 is 28.1 Å². The maximum absolute atomic E-state index is 13.2. The normalized spacial score (nSPS) is 17.9. The molecule has 1 aromatic rings. The van der Waals surface area contributed by atoms with Crippen molar-refractivity contribution < 1.29 is 27.9 Å². The number of hydrogen-bond acceptors (Lipinski definition) is 5. The van der Waals surface area contributed by atoms with Gasteiger partial charge in [-0.25, -0.2) is 8.42 Å². The monoisotopic (exact) mass is 467 g/mol. The first-order chi connectivity index (χ1) is 15.0. The second-order valence-electron chi connectivity index (χ2n) is 8.47. The molecule has 2 amide bonds. The van der Waals surface area contributed by atoms with Gasteiger partial charge in [0, 0.05) is 19.0 Å². The number of nitrogens with one attached hydrogen (secondary N) is 2. The summed E-state index contributed by atoms with van der Waals surface area (Å²) in [7, 11) is -3.88. The summed E-state index contributed by atoms with van der Waals surface area (Å²) in [4.78, 5) is 38.1. The van der Waals surface area contributed by atoms with Crippen molar-refractivity contribution in [2.24, 2.45) is 11.8 Å². The van der Waals surface area contributed by atoms with Crippen molar-refractivity contribution in [2.45, 2.75) is 63.9 Å². The third-order valence-corrected chi connectivity index (χ3v) is 7.46. The van der Waals surface area contributed by atoms with E-state index in [9.17, 15) is 22.8 Å². The quantitative estimate of drug-likeness (QED) is 0.504. The number of benzene rings is 1. The zero-order chi connectivity index (χ0) is 24.1. The highest BCUT2D eigenvalue weighted by molar-refractivity contribution is 7.89. The van der Waals surface area contributed by atoms with E-state index >= 15 is 0 Å². The van der Waals surface area contributed by atoms with Crippen molar-refractivity contribution in [2.75, 3.05) is 13.1 Å². The Morgan fingerprint density at radius 1 is 1.12 bits per heavy atom. The van der Waals surface area contributed by atoms with Gasteiger partial charge < -0.3 is 15.3 Å². The molecule has 0 spiro atoms. The van der Waals surface area contributed by atoms with Crippen molar-refractivity contribution in [3.05, 3.63) is 29.8 Å². The first kappa shape index (κ1) is 25.8. The summed E-state index contributed by atoms with van der Waals surface area (Å²) >= 11 is 0. The van der Waals surface area contributed by atoms with Gasteiger partial charge in [0.25, 0.3) is 0 Å². The SMILES string of the molecule is CC[C@H](C)[C@@H](NS(=O)(=O)c1ccc(C)cc1)C(=O)N1CCC(C(=O)N[C@H](C)C(=O)O)CC1. The van der Waals surface area contributed by atoms with Crippen LogP contribution in [0.25, 0.3) is 0 Å². The van der Waals surface area contributed by atoms with E-state index in [0.717, 1.165) is 5.56 Å². The molecular formula is C22H33N3O6S. The Kier molecular flexibility index (Phi) is 8.80. The molecule has 10 heteroatoms. The molecule has 3 N–H and O–H groups in total. The minimum Gasteiger partial charge on any atom is -0.480 e. The lowest BCUT2D eigenvalue weighted by Gasteiger charge is -2.35. The molecule has 2 rings (SSSR count). The molecule has 1 fully saturated rings. The lowest BCUT2D eigenvalue weighted by molar-refractivity contribution is -0.142. The molecule has 0 aromatic heterocycles. The van der Waals surface area contributed by atoms with Crippen LogP contribution < -0.4 is 10.0 Å². The van der Waals surface area contributed by atoms with Crippen LogP contribution in [0.3, 0.4) is 0 Å². The Morgan fingerprint density at radius 3 is 2.19 bits per heavy atom. The first-order valence-electron chi connectivity index (χ1n) is 10.9. The highest BCUT2D eigenvalue weighted by atomic mass is 32.2. The second kappa shape index (κ2) is 10.9. The van der Waals surface area contributed by atoms with Crippen LogP contribution in [0.4, 0.5) is 0 Å². The second-order valence-corrected chi connectivity index (χ2v) is 10.2. The number of hydrogen-bond donors (Lipinski definition) is 3. The molecular weight excluding hydrogens is 434 g/mol. The van der Waals surface area contributed by atoms with Gasteiger partial charge in [0.2, 0.25) is 21.8 Å². The average Bonchev–Trinajstić information content (AvgIpc) is 2.76. The van der Waals surface area contributed by atoms with Gasteiger partial charge in [0.1, 0.15) is 12.1 Å². The zero-order valence-electron chi connectivity index (χ0n) is 19.0. The maximum Gasteiger partial charge on any atom is 0.325 e. The van der Waals surface area contributed by atoms with Crippen LogP contribution in [0.2, 0.25) is 0 Å². The highest BCUT2D eigenvalue weighted by Gasteiger charge is 2.35. The largest absolute Gasteiger partial charge is 0.480 e. The summed E-state index contributed by atoms with van der Waals surface area (Å²) in [6.45, 7) is 7.59. The third kappa shape index (κ3) is 6.52. The molecule has 178 valence electrons. The molecule has 1 saturated heterocycles. The van der Waals surface area contributed by atoms with Crippen LogP contribution in [0.15, 0.2) is 29.2 Å². The van der Waals surface area contributed by atoms with Crippen molar-refractivity contribution in [1.29, 1.82) is 0 Å². The van der Waals surface area contributed by atoms with E-state index in [2.05, 4.69) is 10.0 Å². The Morgan fingerprint density at radius 2 is 1.69 bits per heavy atom. The minimum atomic E-state index is -3.88. The van der Waals surface area contributed by atoms with Crippen LogP contribution in [0.5, 0.6) is 0 Å². The van der Waals surface area contributed by atoms with Gasteiger partial charge in [-0.3, -0.25) is 14.4 Å². The number of amides is 2. The molecule has 1 heterocycles. The number of sulfonamides is 1. The van der Waals surface area contributed by atoms with Crippen LogP contribution in [0, 0.1) is 18.8 Å². The van der Waals surface area contributed by atoms with Gasteiger partial charge >= 0.3 is 5.97 Å². The van der Waals surface area contributed by atoms with Gasteiger partial charge in [0.15, 0.2) is 0 Å². The van der Waals surface area contributed by atoms with Crippen molar-refractivity contribution >= 4 is 27.8 Å². The number of carboxylic acids is 1. The molecule has 0 radical (unpaired) electrons. The summed E-state index contributed by atoms with van der Waals surface area (Å²) in [5.74, 6) is -2.37. The van der Waals surface area contributed by atoms with Gasteiger partial charge in [0.05, 0.1) is 4.90 Å². The molecule has 1 aromatic carbocycles. The first-order valence-corrected chi connectivity index (χ1v) is 12.4. The van der Waals surface area contributed by atoms with E-state index in [4.69, 9.17) is 5.11 Å². The molecule has 0 unspecified atom stereocenters. The number of piperidine rings is 1. The number of likely N-dealkylation sites (tertiary alicyclic amines) is 1. The lowest BCUT2D eigenvalue weighted by Crippen LogP contribution is -2.54. The standard InChI is InChI=1S/C22H33N3O6S/c1-5-15(3)19(24-32(30,31)18-8-6-14(2)7-9-18)21(27)25-12-10-17(11-13-25)20(26)23-16(4)22(28)29/h6-9,15-17,19,24H,5,10-13H2,1-4H3,(H,23,26)(H,28,29)/t15-,16+,19+/m0/s1. The maximum atomic E-state index is 13.2. The van der Waals surface area contributed by atoms with Gasteiger partial charge in [-0.15, -0.1) is 0 Å². The average molecular weight is 468 g/mol. The molecule has 0 saturated carbocycles. The molecule has 1 aliphatic rings. The number of carbonyl (C=O) groups is 3. The zero-order valence-corrected chi connectivity index (χ0v) is 19.8. The fourth-order valence-corrected chi connectivity index (χ4v) is 4.85. The topological polar surface area (TPSA) is 133 Å². The van der Waals surface area contributed by atoms with Gasteiger partial charge in [-0.1, -0.05) is 38.0 Å². The smallest absolute Gasteiger partial charge is 0.325 e. The molecule has 32 heavy (non-hydrogen) atoms. The predicted molar refractivity (Wildman–Crippen MR) is 119 cm³/mol. The van der Waals surface area contributed by atoms with E-state index in [0.29, 0.717) is 32.4 Å². The number of carbonyl (C=O) groups excluding carboxylic acids is 2. The minimum absolute atomic E-state index is 0.104. The van der Waals surface area contributed by atoms with Crippen LogP contribution in [-0.2, 0) is 24.4 Å². The van der Waals surface area contributed by atoms with E-state index in [-0.39, 0.29) is 28.5 Å². The summed E-state index contributed by atoms with van der Waals surface area (Å²) in [6, 6.07) is 4.54. The van der Waals surface area contributed by atoms with Crippen molar-refractivity contribution in [3.63, 3.8) is 0 Å². The Hall–Kier alpha value is -2.46. The Labute approximate surface area is 189 Å². The number of carboxylic acid groups (broad SMARTS) is 1. The molecule has 9 nitrogen and oxygen atoms in total. The number of aryl methyl sites for hydroxylation is 1. The Bertz CT molecular complexity index is 923. The third-order valence-electron chi connectivity index (χ3n) is 6.00. The Balaban J connectivity index is 2.07. The van der Waals surface area contributed by atoms with E-state index in [1.165, 1.54) is 19.1 Å².